The van der Waals surface area contributed by atoms with E-state index in [2.05, 4.69) is 10.3 Å². The number of benzene rings is 2. The third-order valence-corrected chi connectivity index (χ3v) is 2.98. The van der Waals surface area contributed by atoms with Gasteiger partial charge in [0.15, 0.2) is 0 Å². The smallest absolute Gasteiger partial charge is 0.138 e. The molecule has 0 saturated heterocycles. The second-order valence-corrected chi connectivity index (χ2v) is 4.38. The Morgan fingerprint density at radius 2 is 1.65 bits per heavy atom. The lowest BCUT2D eigenvalue weighted by Gasteiger charge is -2.10. The van der Waals surface area contributed by atoms with Gasteiger partial charge < -0.3 is 11.1 Å². The van der Waals surface area contributed by atoms with Gasteiger partial charge in [0.1, 0.15) is 17.5 Å². The minimum atomic E-state index is -0.426. The van der Waals surface area contributed by atoms with Crippen molar-refractivity contribution < 1.29 is 8.78 Å². The molecule has 0 unspecified atom stereocenters. The van der Waals surface area contributed by atoms with E-state index in [-0.39, 0.29) is 5.82 Å². The van der Waals surface area contributed by atoms with Crippen molar-refractivity contribution in [3.63, 3.8) is 0 Å². The minimum absolute atomic E-state index is 0.322. The summed E-state index contributed by atoms with van der Waals surface area (Å²) in [5.74, 6) is -0.276. The highest BCUT2D eigenvalue weighted by molar-refractivity contribution is 6.00. The van der Waals surface area contributed by atoms with Crippen LogP contribution in [0.3, 0.4) is 0 Å². The minimum Gasteiger partial charge on any atom is -0.398 e. The molecule has 3 N–H and O–H groups in total. The maximum atomic E-state index is 13.5. The van der Waals surface area contributed by atoms with Crippen molar-refractivity contribution in [3.05, 3.63) is 60.3 Å². The van der Waals surface area contributed by atoms with Crippen LogP contribution >= 0.6 is 0 Å². The average Bonchev–Trinajstić information content (AvgIpc) is 2.42. The number of fused-ring (bicyclic) bond motifs is 1. The second-order valence-electron chi connectivity index (χ2n) is 4.38. The molecule has 0 saturated carbocycles. The van der Waals surface area contributed by atoms with Crippen molar-refractivity contribution in [1.29, 1.82) is 0 Å². The summed E-state index contributed by atoms with van der Waals surface area (Å²) in [6.07, 6.45) is 1.59. The Kier molecular flexibility index (Phi) is 2.95. The van der Waals surface area contributed by atoms with Gasteiger partial charge in [0.25, 0.3) is 0 Å². The first-order chi connectivity index (χ1) is 9.63. The number of nitrogen functional groups attached to an aromatic ring is 1. The standard InChI is InChI=1S/C15H11F2N3/c16-9-1-3-11(4-2-9)20-15-13-7-10(17)8-14(18)12(13)5-6-19-15/h1-8H,18H2,(H,19,20). The fraction of sp³-hybridized carbons (Fsp3) is 0. The number of pyridine rings is 1. The molecular weight excluding hydrogens is 260 g/mol. The van der Waals surface area contributed by atoms with Gasteiger partial charge in [-0.1, -0.05) is 0 Å². The van der Waals surface area contributed by atoms with Gasteiger partial charge in [-0.25, -0.2) is 13.8 Å². The van der Waals surface area contributed by atoms with Crippen LogP contribution in [0.25, 0.3) is 10.8 Å². The van der Waals surface area contributed by atoms with E-state index in [9.17, 15) is 8.78 Å². The topological polar surface area (TPSA) is 50.9 Å². The van der Waals surface area contributed by atoms with Gasteiger partial charge in [-0.15, -0.1) is 0 Å². The lowest BCUT2D eigenvalue weighted by molar-refractivity contribution is 0.628. The molecule has 0 aliphatic rings. The van der Waals surface area contributed by atoms with Crippen molar-refractivity contribution in [2.75, 3.05) is 11.1 Å². The van der Waals surface area contributed by atoms with E-state index < -0.39 is 5.82 Å². The number of anilines is 3. The summed E-state index contributed by atoms with van der Waals surface area (Å²) < 4.78 is 26.4. The molecule has 1 heterocycles. The van der Waals surface area contributed by atoms with Gasteiger partial charge in [0.2, 0.25) is 0 Å². The van der Waals surface area contributed by atoms with Crippen LogP contribution in [-0.2, 0) is 0 Å². The van der Waals surface area contributed by atoms with Crippen LogP contribution in [0.4, 0.5) is 26.0 Å². The van der Waals surface area contributed by atoms with Crippen molar-refractivity contribution in [1.82, 2.24) is 4.98 Å². The molecule has 20 heavy (non-hydrogen) atoms. The molecule has 0 aliphatic heterocycles. The molecule has 100 valence electrons. The summed E-state index contributed by atoms with van der Waals surface area (Å²) in [5, 5.41) is 4.32. The highest BCUT2D eigenvalue weighted by Gasteiger charge is 2.07. The summed E-state index contributed by atoms with van der Waals surface area (Å²) >= 11 is 0. The van der Waals surface area contributed by atoms with Gasteiger partial charge in [-0.05, 0) is 42.5 Å². The number of hydrogen-bond donors (Lipinski definition) is 2. The largest absolute Gasteiger partial charge is 0.398 e. The molecule has 0 spiro atoms. The van der Waals surface area contributed by atoms with Gasteiger partial charge in [-0.3, -0.25) is 0 Å². The van der Waals surface area contributed by atoms with Crippen LogP contribution in [0.15, 0.2) is 48.7 Å². The predicted octanol–water partition coefficient (Wildman–Crippen LogP) is 3.84. The molecule has 3 nitrogen and oxygen atoms in total. The van der Waals surface area contributed by atoms with Gasteiger partial charge in [0.05, 0.1) is 0 Å². The zero-order valence-corrected chi connectivity index (χ0v) is 10.4. The number of aromatic nitrogens is 1. The Balaban J connectivity index is 2.09. The summed E-state index contributed by atoms with van der Waals surface area (Å²) in [6, 6.07) is 10.2. The molecule has 0 radical (unpaired) electrons. The molecule has 0 atom stereocenters. The Bertz CT molecular complexity index is 770. The third kappa shape index (κ3) is 2.25. The zero-order valence-electron chi connectivity index (χ0n) is 10.4. The highest BCUT2D eigenvalue weighted by atomic mass is 19.1. The molecular formula is C15H11F2N3. The molecule has 0 fully saturated rings. The van der Waals surface area contributed by atoms with Crippen molar-refractivity contribution in [2.24, 2.45) is 0 Å². The monoisotopic (exact) mass is 271 g/mol. The van der Waals surface area contributed by atoms with Crippen molar-refractivity contribution >= 4 is 28.0 Å². The lowest BCUT2D eigenvalue weighted by atomic mass is 10.1. The Morgan fingerprint density at radius 1 is 0.900 bits per heavy atom. The van der Waals surface area contributed by atoms with Crippen LogP contribution in [-0.4, -0.2) is 4.98 Å². The normalized spacial score (nSPS) is 10.7. The van der Waals surface area contributed by atoms with E-state index in [1.165, 1.54) is 24.3 Å². The number of rotatable bonds is 2. The lowest BCUT2D eigenvalue weighted by Crippen LogP contribution is -1.97. The zero-order chi connectivity index (χ0) is 14.1. The van der Waals surface area contributed by atoms with Crippen LogP contribution in [0.5, 0.6) is 0 Å². The summed E-state index contributed by atoms with van der Waals surface area (Å²) in [7, 11) is 0. The molecule has 3 rings (SSSR count). The Labute approximate surface area is 114 Å². The molecule has 5 heteroatoms. The number of nitrogens with two attached hydrogens (primary N) is 1. The van der Waals surface area contributed by atoms with Crippen LogP contribution in [0.1, 0.15) is 0 Å². The van der Waals surface area contributed by atoms with Crippen molar-refractivity contribution in [3.8, 4) is 0 Å². The first kappa shape index (κ1) is 12.3. The van der Waals surface area contributed by atoms with Crippen molar-refractivity contribution in [2.45, 2.75) is 0 Å². The van der Waals surface area contributed by atoms with E-state index in [4.69, 9.17) is 5.73 Å². The SMILES string of the molecule is Nc1cc(F)cc2c(Nc3ccc(F)cc3)nccc12. The molecule has 0 aliphatic carbocycles. The molecule has 1 aromatic heterocycles. The number of nitrogens with one attached hydrogen (secondary N) is 1. The summed E-state index contributed by atoms with van der Waals surface area (Å²) in [5.41, 5.74) is 6.81. The first-order valence-corrected chi connectivity index (χ1v) is 6.00. The average molecular weight is 271 g/mol. The predicted molar refractivity (Wildman–Crippen MR) is 75.8 cm³/mol. The van der Waals surface area contributed by atoms with E-state index in [1.54, 1.807) is 24.4 Å². The van der Waals surface area contributed by atoms with Gasteiger partial charge >= 0.3 is 0 Å². The van der Waals surface area contributed by atoms with E-state index in [0.29, 0.717) is 28.0 Å². The molecule has 3 aromatic rings. The summed E-state index contributed by atoms with van der Waals surface area (Å²) in [4.78, 5) is 4.18. The Hall–Kier alpha value is -2.69. The second kappa shape index (κ2) is 4.77. The van der Waals surface area contributed by atoms with Crippen LogP contribution < -0.4 is 11.1 Å². The highest BCUT2D eigenvalue weighted by Crippen LogP contribution is 2.29. The molecule has 2 aromatic carbocycles. The van der Waals surface area contributed by atoms with Crippen LogP contribution in [0.2, 0.25) is 0 Å². The fourth-order valence-corrected chi connectivity index (χ4v) is 2.05. The van der Waals surface area contributed by atoms with E-state index in [0.717, 1.165) is 0 Å². The van der Waals surface area contributed by atoms with Gasteiger partial charge in [-0.2, -0.15) is 0 Å². The number of nitrogens with zero attached hydrogens (tertiary/aromatic N) is 1. The Morgan fingerprint density at radius 3 is 2.40 bits per heavy atom. The third-order valence-electron chi connectivity index (χ3n) is 2.98. The number of halogens is 2. The first-order valence-electron chi connectivity index (χ1n) is 6.00. The maximum Gasteiger partial charge on any atom is 0.138 e. The quantitative estimate of drug-likeness (QED) is 0.696. The maximum absolute atomic E-state index is 13.5. The van der Waals surface area contributed by atoms with E-state index >= 15 is 0 Å². The van der Waals surface area contributed by atoms with Gasteiger partial charge in [0, 0.05) is 28.3 Å². The molecule has 0 amide bonds. The fourth-order valence-electron chi connectivity index (χ4n) is 2.05. The number of hydrogen-bond acceptors (Lipinski definition) is 3. The van der Waals surface area contributed by atoms with E-state index in [1.807, 2.05) is 0 Å². The molecule has 0 bridgehead atoms. The van der Waals surface area contributed by atoms with Crippen LogP contribution in [0, 0.1) is 11.6 Å². The summed E-state index contributed by atoms with van der Waals surface area (Å²) in [6.45, 7) is 0.